The lowest BCUT2D eigenvalue weighted by Crippen LogP contribution is -2.22. The Morgan fingerprint density at radius 3 is 2.75 bits per heavy atom. The number of hydrogen-bond acceptors (Lipinski definition) is 4. The number of hydrogen-bond donors (Lipinski definition) is 2. The summed E-state index contributed by atoms with van der Waals surface area (Å²) in [6.07, 6.45) is 3.94. The second-order valence-corrected chi connectivity index (χ2v) is 6.99. The molecule has 3 rings (SSSR count). The van der Waals surface area contributed by atoms with Gasteiger partial charge in [0, 0.05) is 4.88 Å². The lowest BCUT2D eigenvalue weighted by molar-refractivity contribution is -0.118. The number of nitrogens with one attached hydrogen (secondary N) is 1. The van der Waals surface area contributed by atoms with E-state index in [1.165, 1.54) is 11.3 Å². The van der Waals surface area contributed by atoms with Crippen LogP contribution < -0.4 is 15.8 Å². The quantitative estimate of drug-likeness (QED) is 0.875. The number of nitrogens with two attached hydrogens (primary N) is 1. The normalized spacial score (nSPS) is 13.2. The van der Waals surface area contributed by atoms with Crippen molar-refractivity contribution in [2.75, 3.05) is 11.9 Å². The molecule has 0 atom stereocenters. The van der Waals surface area contributed by atoms with Crippen molar-refractivity contribution in [2.24, 2.45) is 5.73 Å². The van der Waals surface area contributed by atoms with Gasteiger partial charge in [-0.2, -0.15) is 0 Å². The molecule has 0 unspecified atom stereocenters. The summed E-state index contributed by atoms with van der Waals surface area (Å²) in [5, 5.41) is 3.34. The number of primary amides is 1. The van der Waals surface area contributed by atoms with Gasteiger partial charge in [-0.15, -0.1) is 11.3 Å². The van der Waals surface area contributed by atoms with Crippen molar-refractivity contribution in [1.82, 2.24) is 0 Å². The van der Waals surface area contributed by atoms with Crippen molar-refractivity contribution in [2.45, 2.75) is 32.6 Å². The number of para-hydroxylation sites is 1. The van der Waals surface area contributed by atoms with E-state index >= 15 is 0 Å². The summed E-state index contributed by atoms with van der Waals surface area (Å²) in [5.41, 5.74) is 7.98. The van der Waals surface area contributed by atoms with Crippen LogP contribution in [0.25, 0.3) is 0 Å². The van der Waals surface area contributed by atoms with Crippen molar-refractivity contribution in [3.8, 4) is 5.75 Å². The molecule has 0 spiro atoms. The van der Waals surface area contributed by atoms with Crippen molar-refractivity contribution >= 4 is 28.2 Å². The number of fused-ring (bicyclic) bond motifs is 1. The molecule has 1 aromatic carbocycles. The highest BCUT2D eigenvalue weighted by molar-refractivity contribution is 7.17. The first-order valence-corrected chi connectivity index (χ1v) is 8.80. The third-order valence-electron chi connectivity index (χ3n) is 4.12. The highest BCUT2D eigenvalue weighted by Crippen LogP contribution is 2.37. The Balaban J connectivity index is 1.71. The van der Waals surface area contributed by atoms with Crippen LogP contribution in [0.3, 0.4) is 0 Å². The fourth-order valence-corrected chi connectivity index (χ4v) is 4.25. The average Bonchev–Trinajstić information content (AvgIpc) is 2.92. The predicted octanol–water partition coefficient (Wildman–Crippen LogP) is 3.05. The maximum Gasteiger partial charge on any atom is 0.262 e. The zero-order valence-electron chi connectivity index (χ0n) is 13.6. The lowest BCUT2D eigenvalue weighted by atomic mass is 9.95. The maximum atomic E-state index is 12.2. The van der Waals surface area contributed by atoms with E-state index in [0.29, 0.717) is 16.3 Å². The van der Waals surface area contributed by atoms with E-state index in [2.05, 4.69) is 5.32 Å². The van der Waals surface area contributed by atoms with Crippen LogP contribution in [-0.2, 0) is 17.6 Å². The largest absolute Gasteiger partial charge is 0.483 e. The molecule has 0 saturated carbocycles. The topological polar surface area (TPSA) is 81.4 Å². The first-order valence-electron chi connectivity index (χ1n) is 7.99. The Morgan fingerprint density at radius 2 is 2.00 bits per heavy atom. The number of anilines is 1. The van der Waals surface area contributed by atoms with Gasteiger partial charge in [0.25, 0.3) is 11.8 Å². The Labute approximate surface area is 144 Å². The summed E-state index contributed by atoms with van der Waals surface area (Å²) >= 11 is 1.46. The second-order valence-electron chi connectivity index (χ2n) is 5.88. The number of amides is 2. The molecule has 0 bridgehead atoms. The third kappa shape index (κ3) is 3.43. The third-order valence-corrected chi connectivity index (χ3v) is 5.33. The minimum Gasteiger partial charge on any atom is -0.483 e. The summed E-state index contributed by atoms with van der Waals surface area (Å²) in [6.45, 7) is 1.82. The molecule has 0 radical (unpaired) electrons. The molecule has 126 valence electrons. The number of benzene rings is 1. The molecule has 1 aliphatic carbocycles. The van der Waals surface area contributed by atoms with E-state index < -0.39 is 5.91 Å². The van der Waals surface area contributed by atoms with Crippen LogP contribution in [0.15, 0.2) is 24.3 Å². The number of carbonyl (C=O) groups excluding carboxylic acids is 2. The molecule has 3 N–H and O–H groups in total. The van der Waals surface area contributed by atoms with Crippen LogP contribution >= 0.6 is 11.3 Å². The number of ether oxygens (including phenoxy) is 1. The number of rotatable bonds is 5. The van der Waals surface area contributed by atoms with Gasteiger partial charge in [-0.25, -0.2) is 0 Å². The number of thiophene rings is 1. The molecule has 1 aliphatic rings. The van der Waals surface area contributed by atoms with E-state index in [1.54, 1.807) is 0 Å². The van der Waals surface area contributed by atoms with Gasteiger partial charge in [0.1, 0.15) is 10.8 Å². The summed E-state index contributed by atoms with van der Waals surface area (Å²) < 4.78 is 5.55. The monoisotopic (exact) mass is 344 g/mol. The average molecular weight is 344 g/mol. The first kappa shape index (κ1) is 16.5. The SMILES string of the molecule is Cc1ccccc1OCC(=O)Nc1sc2c(c1C(N)=O)CCCC2. The van der Waals surface area contributed by atoms with Gasteiger partial charge in [-0.3, -0.25) is 9.59 Å². The van der Waals surface area contributed by atoms with E-state index in [0.717, 1.165) is 41.7 Å². The molecule has 1 heterocycles. The fraction of sp³-hybridized carbons (Fsp3) is 0.333. The molecule has 6 heteroatoms. The molecule has 0 aliphatic heterocycles. The van der Waals surface area contributed by atoms with E-state index in [4.69, 9.17) is 10.5 Å². The Morgan fingerprint density at radius 1 is 1.25 bits per heavy atom. The van der Waals surface area contributed by atoms with Gasteiger partial charge in [-0.05, 0) is 49.8 Å². The Kier molecular flexibility index (Phi) is 4.85. The van der Waals surface area contributed by atoms with E-state index in [-0.39, 0.29) is 12.5 Å². The minimum absolute atomic E-state index is 0.106. The van der Waals surface area contributed by atoms with Gasteiger partial charge in [-0.1, -0.05) is 18.2 Å². The van der Waals surface area contributed by atoms with Gasteiger partial charge in [0.05, 0.1) is 5.56 Å². The van der Waals surface area contributed by atoms with Crippen LogP contribution in [-0.4, -0.2) is 18.4 Å². The molecule has 2 amide bonds. The summed E-state index contributed by atoms with van der Waals surface area (Å²) in [5.74, 6) is -0.0999. The maximum absolute atomic E-state index is 12.2. The van der Waals surface area contributed by atoms with Gasteiger partial charge >= 0.3 is 0 Å². The highest BCUT2D eigenvalue weighted by Gasteiger charge is 2.24. The van der Waals surface area contributed by atoms with Crippen molar-refractivity contribution in [3.63, 3.8) is 0 Å². The molecular formula is C18H20N2O3S. The van der Waals surface area contributed by atoms with Gasteiger partial charge in [0.15, 0.2) is 6.61 Å². The van der Waals surface area contributed by atoms with Crippen molar-refractivity contribution in [1.29, 1.82) is 0 Å². The molecule has 24 heavy (non-hydrogen) atoms. The van der Waals surface area contributed by atoms with Crippen molar-refractivity contribution < 1.29 is 14.3 Å². The summed E-state index contributed by atoms with van der Waals surface area (Å²) in [7, 11) is 0. The Bertz CT molecular complexity index is 783. The summed E-state index contributed by atoms with van der Waals surface area (Å²) in [6, 6.07) is 7.52. The van der Waals surface area contributed by atoms with Crippen LogP contribution in [0, 0.1) is 6.92 Å². The number of aryl methyl sites for hydroxylation is 2. The zero-order chi connectivity index (χ0) is 17.1. The first-order chi connectivity index (χ1) is 11.6. The Hall–Kier alpha value is -2.34. The standard InChI is InChI=1S/C18H20N2O3S/c1-11-6-2-4-8-13(11)23-10-15(21)20-18-16(17(19)22)12-7-3-5-9-14(12)24-18/h2,4,6,8H,3,5,7,9-10H2,1H3,(H2,19,22)(H,20,21). The molecule has 1 aromatic heterocycles. The zero-order valence-corrected chi connectivity index (χ0v) is 14.4. The lowest BCUT2D eigenvalue weighted by Gasteiger charge is -2.11. The molecule has 5 nitrogen and oxygen atoms in total. The second kappa shape index (κ2) is 7.05. The van der Waals surface area contributed by atoms with Gasteiger partial charge in [0.2, 0.25) is 0 Å². The van der Waals surface area contributed by atoms with E-state index in [1.807, 2.05) is 31.2 Å². The predicted molar refractivity (Wildman–Crippen MR) is 94.8 cm³/mol. The molecular weight excluding hydrogens is 324 g/mol. The van der Waals surface area contributed by atoms with Crippen LogP contribution in [0.4, 0.5) is 5.00 Å². The summed E-state index contributed by atoms with van der Waals surface area (Å²) in [4.78, 5) is 25.2. The molecule has 0 fully saturated rings. The van der Waals surface area contributed by atoms with Crippen LogP contribution in [0.5, 0.6) is 5.75 Å². The van der Waals surface area contributed by atoms with E-state index in [9.17, 15) is 9.59 Å². The molecule has 0 saturated heterocycles. The number of carbonyl (C=O) groups is 2. The van der Waals surface area contributed by atoms with Crippen molar-refractivity contribution in [3.05, 3.63) is 45.8 Å². The molecule has 2 aromatic rings. The van der Waals surface area contributed by atoms with Crippen LogP contribution in [0.2, 0.25) is 0 Å². The van der Waals surface area contributed by atoms with Gasteiger partial charge < -0.3 is 15.8 Å². The smallest absolute Gasteiger partial charge is 0.262 e. The highest BCUT2D eigenvalue weighted by atomic mass is 32.1. The fourth-order valence-electron chi connectivity index (χ4n) is 2.94. The minimum atomic E-state index is -0.482. The van der Waals surface area contributed by atoms with Crippen LogP contribution in [0.1, 0.15) is 39.2 Å².